The molecule has 0 saturated heterocycles. The third kappa shape index (κ3) is 3.52. The molecule has 0 N–H and O–H groups in total. The Morgan fingerprint density at radius 3 is 1.84 bits per heavy atom. The first-order valence-electron chi connectivity index (χ1n) is 11.0. The van der Waals surface area contributed by atoms with E-state index in [2.05, 4.69) is 92.7 Å². The lowest BCUT2D eigenvalue weighted by molar-refractivity contribution is -0.142. The molecule has 0 bridgehead atoms. The summed E-state index contributed by atoms with van der Waals surface area (Å²) in [5.41, 5.74) is 9.39. The minimum absolute atomic E-state index is 0.177. The Balaban J connectivity index is 1.82. The monoisotopic (exact) mass is 418 g/mol. The summed E-state index contributed by atoms with van der Waals surface area (Å²) in [5, 5.41) is 2.33. The van der Waals surface area contributed by atoms with Crippen LogP contribution in [0.25, 0.3) is 21.9 Å². The van der Waals surface area contributed by atoms with Crippen molar-refractivity contribution in [1.82, 2.24) is 0 Å². The second kappa shape index (κ2) is 8.12. The van der Waals surface area contributed by atoms with E-state index in [-0.39, 0.29) is 11.9 Å². The van der Waals surface area contributed by atoms with E-state index in [1.54, 1.807) is 0 Å². The van der Waals surface area contributed by atoms with Gasteiger partial charge in [-0.05, 0) is 76.6 Å². The number of ether oxygens (including phenoxy) is 1. The van der Waals surface area contributed by atoms with E-state index in [1.807, 2.05) is 6.07 Å². The average molecular weight is 419 g/mol. The largest absolute Gasteiger partial charge is 0.469 e. The predicted molar refractivity (Wildman–Crippen MR) is 132 cm³/mol. The van der Waals surface area contributed by atoms with E-state index in [0.29, 0.717) is 6.42 Å². The van der Waals surface area contributed by atoms with Crippen LogP contribution in [0.1, 0.15) is 45.7 Å². The maximum absolute atomic E-state index is 12.8. The highest BCUT2D eigenvalue weighted by Gasteiger charge is 2.35. The molecular weight excluding hydrogens is 392 g/mol. The molecule has 0 saturated carbocycles. The summed E-state index contributed by atoms with van der Waals surface area (Å²) < 4.78 is 5.21. The van der Waals surface area contributed by atoms with Crippen LogP contribution in [-0.4, -0.2) is 13.1 Å². The van der Waals surface area contributed by atoms with Crippen molar-refractivity contribution in [3.05, 3.63) is 118 Å². The molecule has 158 valence electrons. The van der Waals surface area contributed by atoms with Gasteiger partial charge in [-0.2, -0.15) is 0 Å². The summed E-state index contributed by atoms with van der Waals surface area (Å²) in [4.78, 5) is 12.8. The first kappa shape index (κ1) is 20.3. The van der Waals surface area contributed by atoms with Gasteiger partial charge in [-0.3, -0.25) is 4.79 Å². The summed E-state index contributed by atoms with van der Waals surface area (Å²) in [6.45, 7) is 4.21. The first-order valence-corrected chi connectivity index (χ1v) is 11.0. The van der Waals surface area contributed by atoms with Crippen molar-refractivity contribution in [3.8, 4) is 0 Å². The van der Waals surface area contributed by atoms with Crippen LogP contribution in [0.4, 0.5) is 0 Å². The average Bonchev–Trinajstić information content (AvgIpc) is 3.17. The number of aryl methyl sites for hydroxylation is 2. The molecule has 0 radical (unpaired) electrons. The van der Waals surface area contributed by atoms with Crippen molar-refractivity contribution < 1.29 is 9.53 Å². The third-order valence-corrected chi connectivity index (χ3v) is 6.49. The van der Waals surface area contributed by atoms with Gasteiger partial charge in [0.05, 0.1) is 13.0 Å². The zero-order valence-electron chi connectivity index (χ0n) is 18.7. The number of carbonyl (C=O) groups is 1. The van der Waals surface area contributed by atoms with Gasteiger partial charge in [0.25, 0.3) is 0 Å². The lowest BCUT2D eigenvalue weighted by Crippen LogP contribution is -2.11. The lowest BCUT2D eigenvalue weighted by Gasteiger charge is -2.15. The van der Waals surface area contributed by atoms with Gasteiger partial charge in [0, 0.05) is 0 Å². The van der Waals surface area contributed by atoms with Crippen LogP contribution in [0.15, 0.2) is 84.9 Å². The fraction of sp³-hybridized carbons (Fsp3) is 0.167. The maximum Gasteiger partial charge on any atom is 0.313 e. The second-order valence-corrected chi connectivity index (χ2v) is 8.65. The number of benzene rings is 4. The molecule has 0 amide bonds. The predicted octanol–water partition coefficient (Wildman–Crippen LogP) is 7.08. The van der Waals surface area contributed by atoms with Crippen LogP contribution < -0.4 is 0 Å². The zero-order valence-corrected chi connectivity index (χ0v) is 18.7. The minimum Gasteiger partial charge on any atom is -0.469 e. The minimum atomic E-state index is -0.291. The number of hydrogen-bond donors (Lipinski definition) is 0. The normalized spacial score (nSPS) is 15.0. The van der Waals surface area contributed by atoms with E-state index >= 15 is 0 Å². The maximum atomic E-state index is 12.8. The molecule has 1 atom stereocenters. The van der Waals surface area contributed by atoms with Crippen molar-refractivity contribution in [2.24, 2.45) is 0 Å². The molecule has 4 aromatic rings. The molecule has 4 aromatic carbocycles. The summed E-state index contributed by atoms with van der Waals surface area (Å²) >= 11 is 0. The molecule has 32 heavy (non-hydrogen) atoms. The van der Waals surface area contributed by atoms with Crippen molar-refractivity contribution in [2.45, 2.75) is 26.2 Å². The second-order valence-electron chi connectivity index (χ2n) is 8.65. The summed E-state index contributed by atoms with van der Waals surface area (Å²) in [6.07, 6.45) is 0.634. The van der Waals surface area contributed by atoms with Crippen LogP contribution in [0.2, 0.25) is 0 Å². The Morgan fingerprint density at radius 1 is 0.781 bits per heavy atom. The zero-order chi connectivity index (χ0) is 22.2. The summed E-state index contributed by atoms with van der Waals surface area (Å²) in [5.74, 6) is -0.468. The Kier molecular flexibility index (Phi) is 5.14. The quantitative estimate of drug-likeness (QED) is 0.332. The van der Waals surface area contributed by atoms with Gasteiger partial charge in [-0.25, -0.2) is 0 Å². The number of carbonyl (C=O) groups excluding carboxylic acids is 1. The van der Waals surface area contributed by atoms with Gasteiger partial charge in [0.1, 0.15) is 0 Å². The topological polar surface area (TPSA) is 26.3 Å². The highest BCUT2D eigenvalue weighted by Crippen LogP contribution is 2.48. The van der Waals surface area contributed by atoms with Gasteiger partial charge in [0.2, 0.25) is 0 Å². The molecule has 1 aliphatic rings. The van der Waals surface area contributed by atoms with E-state index in [0.717, 1.165) is 16.5 Å². The first-order chi connectivity index (χ1) is 15.5. The number of fused-ring (bicyclic) bond motifs is 2. The highest BCUT2D eigenvalue weighted by molar-refractivity contribution is 6.05. The smallest absolute Gasteiger partial charge is 0.313 e. The number of rotatable bonds is 3. The molecule has 2 nitrogen and oxygen atoms in total. The summed E-state index contributed by atoms with van der Waals surface area (Å²) in [6, 6.07) is 30.1. The molecule has 0 aromatic heterocycles. The van der Waals surface area contributed by atoms with E-state index in [4.69, 9.17) is 4.74 Å². The van der Waals surface area contributed by atoms with Gasteiger partial charge in [-0.15, -0.1) is 0 Å². The van der Waals surface area contributed by atoms with E-state index in [1.165, 1.54) is 45.9 Å². The van der Waals surface area contributed by atoms with Gasteiger partial charge < -0.3 is 4.74 Å². The van der Waals surface area contributed by atoms with Gasteiger partial charge in [0.15, 0.2) is 0 Å². The molecule has 5 rings (SSSR count). The third-order valence-electron chi connectivity index (χ3n) is 6.49. The van der Waals surface area contributed by atoms with Crippen LogP contribution in [-0.2, 0) is 9.53 Å². The number of methoxy groups -OCH3 is 1. The molecule has 2 heteroatoms. The van der Waals surface area contributed by atoms with Crippen molar-refractivity contribution in [1.29, 1.82) is 0 Å². The van der Waals surface area contributed by atoms with Crippen molar-refractivity contribution in [3.63, 3.8) is 0 Å². The Hall–Kier alpha value is -3.65. The lowest BCUT2D eigenvalue weighted by atomic mass is 9.89. The molecule has 0 heterocycles. The molecule has 0 aliphatic heterocycles. The number of hydrogen-bond acceptors (Lipinski definition) is 2. The molecule has 1 unspecified atom stereocenters. The van der Waals surface area contributed by atoms with Crippen LogP contribution in [0, 0.1) is 13.8 Å². The Labute approximate surface area is 189 Å². The standard InChI is InChI=1S/C30H26O2/c1-19-8-12-21(13-9-19)29(22-14-10-20(2)11-15-22)27-18-28(30(31)32-3)26-17-24-7-5-4-6-23(24)16-25(26)27/h4-17,28H,18H2,1-3H3. The van der Waals surface area contributed by atoms with Crippen LogP contribution >= 0.6 is 0 Å². The molecule has 0 spiro atoms. The molecular formula is C30H26O2. The van der Waals surface area contributed by atoms with E-state index in [9.17, 15) is 4.79 Å². The Morgan fingerprint density at radius 2 is 1.31 bits per heavy atom. The van der Waals surface area contributed by atoms with Gasteiger partial charge in [-0.1, -0.05) is 83.9 Å². The number of esters is 1. The summed E-state index contributed by atoms with van der Waals surface area (Å²) in [7, 11) is 1.48. The molecule has 1 aliphatic carbocycles. The SMILES string of the molecule is COC(=O)C1CC(=C(c2ccc(C)cc2)c2ccc(C)cc2)c2cc3ccccc3cc21. The highest BCUT2D eigenvalue weighted by atomic mass is 16.5. The van der Waals surface area contributed by atoms with Crippen LogP contribution in [0.3, 0.4) is 0 Å². The van der Waals surface area contributed by atoms with Gasteiger partial charge >= 0.3 is 5.97 Å². The molecule has 0 fully saturated rings. The van der Waals surface area contributed by atoms with Crippen molar-refractivity contribution >= 4 is 27.9 Å². The van der Waals surface area contributed by atoms with Crippen molar-refractivity contribution in [2.75, 3.05) is 7.11 Å². The Bertz CT molecular complexity index is 1290. The fourth-order valence-electron chi connectivity index (χ4n) is 4.78. The van der Waals surface area contributed by atoms with Crippen LogP contribution in [0.5, 0.6) is 0 Å². The number of allylic oxidation sites excluding steroid dienone is 1. The van der Waals surface area contributed by atoms with E-state index < -0.39 is 0 Å². The fourth-order valence-corrected chi connectivity index (χ4v) is 4.78.